The van der Waals surface area contributed by atoms with Gasteiger partial charge in [0.25, 0.3) is 0 Å². The minimum Gasteiger partial charge on any atom is -0.492 e. The lowest BCUT2D eigenvalue weighted by atomic mass is 10.1. The minimum atomic E-state index is -0.0982. The molecule has 0 aliphatic carbocycles. The molecule has 0 fully saturated rings. The van der Waals surface area contributed by atoms with Crippen molar-refractivity contribution >= 4 is 27.5 Å². The molecular weight excluding hydrogens is 320 g/mol. The predicted molar refractivity (Wildman–Crippen MR) is 97.3 cm³/mol. The summed E-state index contributed by atoms with van der Waals surface area (Å²) in [6.45, 7) is 2.57. The van der Waals surface area contributed by atoms with Crippen molar-refractivity contribution < 1.29 is 9.53 Å². The summed E-state index contributed by atoms with van der Waals surface area (Å²) in [5.74, 6) is 0.728. The third kappa shape index (κ3) is 3.57. The Morgan fingerprint density at radius 3 is 2.71 bits per heavy atom. The summed E-state index contributed by atoms with van der Waals surface area (Å²) in [6.07, 6.45) is 1.12. The molecule has 3 aromatic rings. The van der Waals surface area contributed by atoms with Crippen molar-refractivity contribution in [1.82, 2.24) is 4.57 Å². The Bertz CT molecular complexity index is 910. The lowest BCUT2D eigenvalue weighted by Crippen LogP contribution is -2.14. The Kier molecular flexibility index (Phi) is 5.11. The number of hydrogen-bond acceptors (Lipinski definition) is 3. The Morgan fingerprint density at radius 2 is 1.96 bits per heavy atom. The number of hydrogen-bond donors (Lipinski definition) is 0. The Morgan fingerprint density at radius 1 is 1.17 bits per heavy atom. The number of carbonyl (C=O) groups is 1. The fraction of sp³-hybridized carbons (Fsp3) is 0.263. The van der Waals surface area contributed by atoms with E-state index < -0.39 is 0 Å². The monoisotopic (exact) mass is 340 g/mol. The summed E-state index contributed by atoms with van der Waals surface area (Å²) in [7, 11) is 1.92. The number of carbonyl (C=O) groups excluding carboxylic acids is 1. The molecule has 0 saturated carbocycles. The van der Waals surface area contributed by atoms with Crippen molar-refractivity contribution in [1.29, 1.82) is 0 Å². The summed E-state index contributed by atoms with van der Waals surface area (Å²) in [4.78, 5) is 17.2. The average Bonchev–Trinajstić information content (AvgIpc) is 2.91. The zero-order valence-corrected chi connectivity index (χ0v) is 14.7. The molecule has 1 amide bonds. The zero-order valence-electron chi connectivity index (χ0n) is 13.9. The number of aryl methyl sites for hydroxylation is 2. The summed E-state index contributed by atoms with van der Waals surface area (Å²) in [5.41, 5.74) is 2.14. The largest absolute Gasteiger partial charge is 0.492 e. The van der Waals surface area contributed by atoms with Gasteiger partial charge in [-0.3, -0.25) is 4.79 Å². The number of para-hydroxylation sites is 1. The molecule has 0 radical (unpaired) electrons. The zero-order chi connectivity index (χ0) is 16.9. The van der Waals surface area contributed by atoms with E-state index >= 15 is 0 Å². The number of benzene rings is 2. The van der Waals surface area contributed by atoms with Gasteiger partial charge in [-0.05, 0) is 31.0 Å². The van der Waals surface area contributed by atoms with Crippen molar-refractivity contribution in [2.24, 2.45) is 12.0 Å². The number of thiazole rings is 1. The van der Waals surface area contributed by atoms with Crippen LogP contribution < -0.4 is 9.54 Å². The van der Waals surface area contributed by atoms with Gasteiger partial charge in [-0.2, -0.15) is 4.99 Å². The Hall–Kier alpha value is -2.40. The van der Waals surface area contributed by atoms with Crippen LogP contribution in [0, 0.1) is 0 Å². The molecule has 0 spiro atoms. The maximum Gasteiger partial charge on any atom is 0.248 e. The van der Waals surface area contributed by atoms with E-state index in [0.29, 0.717) is 24.2 Å². The van der Waals surface area contributed by atoms with E-state index in [9.17, 15) is 4.79 Å². The standard InChI is InChI=1S/C19H20N2O2S/c1-3-23-15-10-7-11-16-18(15)21(2)19(24-16)20-17(22)13-12-14-8-5-4-6-9-14/h4-11H,3,12-13H2,1-2H3. The molecule has 0 N–H and O–H groups in total. The second kappa shape index (κ2) is 7.45. The molecule has 0 bridgehead atoms. The van der Waals surface area contributed by atoms with Crippen molar-refractivity contribution in [3.8, 4) is 5.75 Å². The lowest BCUT2D eigenvalue weighted by Gasteiger charge is -2.05. The summed E-state index contributed by atoms with van der Waals surface area (Å²) < 4.78 is 8.69. The molecule has 2 aromatic carbocycles. The third-order valence-corrected chi connectivity index (χ3v) is 4.87. The van der Waals surface area contributed by atoms with Crippen LogP contribution in [-0.2, 0) is 18.3 Å². The van der Waals surface area contributed by atoms with Crippen molar-refractivity contribution in [2.45, 2.75) is 19.8 Å². The van der Waals surface area contributed by atoms with Crippen LogP contribution in [0.1, 0.15) is 18.9 Å². The molecule has 1 aromatic heterocycles. The minimum absolute atomic E-state index is 0.0982. The van der Waals surface area contributed by atoms with Crippen LogP contribution in [0.15, 0.2) is 53.5 Å². The van der Waals surface area contributed by atoms with Gasteiger partial charge in [0.1, 0.15) is 11.3 Å². The Labute approximate surface area is 145 Å². The second-order valence-corrected chi connectivity index (χ2v) is 6.48. The molecule has 24 heavy (non-hydrogen) atoms. The van der Waals surface area contributed by atoms with Gasteiger partial charge in [-0.15, -0.1) is 0 Å². The summed E-state index contributed by atoms with van der Waals surface area (Å²) >= 11 is 1.51. The number of amides is 1. The molecule has 1 heterocycles. The third-order valence-electron chi connectivity index (χ3n) is 3.78. The van der Waals surface area contributed by atoms with Crippen LogP contribution in [0.25, 0.3) is 10.2 Å². The number of fused-ring (bicyclic) bond motifs is 1. The first-order valence-corrected chi connectivity index (χ1v) is 8.83. The van der Waals surface area contributed by atoms with Crippen LogP contribution in [0.4, 0.5) is 0 Å². The van der Waals surface area contributed by atoms with Crippen molar-refractivity contribution in [2.75, 3.05) is 6.61 Å². The van der Waals surface area contributed by atoms with Crippen LogP contribution in [0.5, 0.6) is 5.75 Å². The Balaban J connectivity index is 1.85. The number of ether oxygens (including phenoxy) is 1. The highest BCUT2D eigenvalue weighted by Crippen LogP contribution is 2.26. The molecular formula is C19H20N2O2S. The first-order valence-electron chi connectivity index (χ1n) is 8.02. The second-order valence-electron chi connectivity index (χ2n) is 5.47. The average molecular weight is 340 g/mol. The summed E-state index contributed by atoms with van der Waals surface area (Å²) in [5, 5.41) is 0. The molecule has 0 saturated heterocycles. The van der Waals surface area contributed by atoms with E-state index in [2.05, 4.69) is 4.99 Å². The first kappa shape index (κ1) is 16.5. The number of nitrogens with zero attached hydrogens (tertiary/aromatic N) is 2. The topological polar surface area (TPSA) is 43.6 Å². The van der Waals surface area contributed by atoms with Gasteiger partial charge >= 0.3 is 0 Å². The SMILES string of the molecule is CCOc1cccc2sc(=NC(=O)CCc3ccccc3)n(C)c12. The molecule has 4 nitrogen and oxygen atoms in total. The van der Waals surface area contributed by atoms with Crippen LogP contribution >= 0.6 is 11.3 Å². The van der Waals surface area contributed by atoms with E-state index in [-0.39, 0.29) is 5.91 Å². The molecule has 5 heteroatoms. The quantitative estimate of drug-likeness (QED) is 0.711. The van der Waals surface area contributed by atoms with Gasteiger partial charge in [0.2, 0.25) is 5.91 Å². The number of rotatable bonds is 5. The molecule has 0 unspecified atom stereocenters. The van der Waals surface area contributed by atoms with Crippen LogP contribution in [0.2, 0.25) is 0 Å². The first-order chi connectivity index (χ1) is 11.7. The van der Waals surface area contributed by atoms with Gasteiger partial charge in [0, 0.05) is 13.5 Å². The van der Waals surface area contributed by atoms with E-state index in [1.807, 2.05) is 67.1 Å². The smallest absolute Gasteiger partial charge is 0.248 e. The highest BCUT2D eigenvalue weighted by Gasteiger charge is 2.10. The van der Waals surface area contributed by atoms with Gasteiger partial charge in [0.15, 0.2) is 4.80 Å². The summed E-state index contributed by atoms with van der Waals surface area (Å²) in [6, 6.07) is 15.9. The van der Waals surface area contributed by atoms with Gasteiger partial charge in [-0.25, -0.2) is 0 Å². The van der Waals surface area contributed by atoms with Gasteiger partial charge in [0.05, 0.1) is 11.3 Å². The maximum absolute atomic E-state index is 12.2. The highest BCUT2D eigenvalue weighted by molar-refractivity contribution is 7.16. The molecule has 0 aliphatic rings. The van der Waals surface area contributed by atoms with Crippen LogP contribution in [-0.4, -0.2) is 17.1 Å². The molecule has 0 aliphatic heterocycles. The van der Waals surface area contributed by atoms with Gasteiger partial charge in [-0.1, -0.05) is 47.7 Å². The fourth-order valence-electron chi connectivity index (χ4n) is 2.61. The van der Waals surface area contributed by atoms with E-state index in [4.69, 9.17) is 4.74 Å². The normalized spacial score (nSPS) is 11.8. The van der Waals surface area contributed by atoms with Crippen molar-refractivity contribution in [3.05, 3.63) is 58.9 Å². The van der Waals surface area contributed by atoms with Crippen LogP contribution in [0.3, 0.4) is 0 Å². The molecule has 0 atom stereocenters. The van der Waals surface area contributed by atoms with E-state index in [0.717, 1.165) is 21.5 Å². The fourth-order valence-corrected chi connectivity index (χ4v) is 3.66. The maximum atomic E-state index is 12.2. The molecule has 3 rings (SSSR count). The highest BCUT2D eigenvalue weighted by atomic mass is 32.1. The predicted octanol–water partition coefficient (Wildman–Crippen LogP) is 3.70. The van der Waals surface area contributed by atoms with Gasteiger partial charge < -0.3 is 9.30 Å². The van der Waals surface area contributed by atoms with Crippen molar-refractivity contribution in [3.63, 3.8) is 0 Å². The molecule has 124 valence electrons. The van der Waals surface area contributed by atoms with E-state index in [1.165, 1.54) is 11.3 Å². The lowest BCUT2D eigenvalue weighted by molar-refractivity contribution is -0.118. The van der Waals surface area contributed by atoms with E-state index in [1.54, 1.807) is 0 Å². The number of aromatic nitrogens is 1.